The van der Waals surface area contributed by atoms with Crippen LogP contribution >= 0.6 is 0 Å². The molecule has 0 saturated carbocycles. The number of nitrogens with one attached hydrogen (secondary N) is 1. The number of rotatable bonds is 9. The molecule has 2 aliphatic rings. The monoisotopic (exact) mass is 456 g/mol. The highest BCUT2D eigenvalue weighted by Crippen LogP contribution is 2.33. The van der Waals surface area contributed by atoms with Crippen molar-refractivity contribution in [3.63, 3.8) is 0 Å². The molecule has 2 N–H and O–H groups in total. The Hall–Kier alpha value is -1.88. The van der Waals surface area contributed by atoms with E-state index in [1.807, 2.05) is 20.8 Å². The van der Waals surface area contributed by atoms with Gasteiger partial charge >= 0.3 is 6.09 Å². The molecular weight excluding hydrogens is 424 g/mol. The number of carbonyl (C=O) groups excluding carboxylic acids is 1. The molecule has 0 radical (unpaired) electrons. The van der Waals surface area contributed by atoms with Gasteiger partial charge in [0.2, 0.25) is 10.0 Å². The van der Waals surface area contributed by atoms with Gasteiger partial charge in [0, 0.05) is 19.1 Å². The zero-order valence-corrected chi connectivity index (χ0v) is 19.0. The molecule has 1 amide bonds. The highest BCUT2D eigenvalue weighted by atomic mass is 32.2. The summed E-state index contributed by atoms with van der Waals surface area (Å²) in [4.78, 5) is 12.4. The summed E-state index contributed by atoms with van der Waals surface area (Å²) in [5.41, 5.74) is 0. The fourth-order valence-electron chi connectivity index (χ4n) is 3.81. The van der Waals surface area contributed by atoms with E-state index in [2.05, 4.69) is 5.32 Å². The molecule has 0 aliphatic carbocycles. The maximum Gasteiger partial charge on any atom is 0.407 e. The summed E-state index contributed by atoms with van der Waals surface area (Å²) >= 11 is 0. The predicted molar refractivity (Wildman–Crippen MR) is 113 cm³/mol. The van der Waals surface area contributed by atoms with Crippen LogP contribution in [-0.4, -0.2) is 68.7 Å². The van der Waals surface area contributed by atoms with Crippen LogP contribution in [0.3, 0.4) is 0 Å². The van der Waals surface area contributed by atoms with Crippen LogP contribution in [0.15, 0.2) is 29.2 Å². The Morgan fingerprint density at radius 1 is 1.26 bits per heavy atom. The highest BCUT2D eigenvalue weighted by Gasteiger charge is 2.43. The van der Waals surface area contributed by atoms with E-state index in [-0.39, 0.29) is 47.5 Å². The number of aromatic hydroxyl groups is 1. The number of sulfonamides is 1. The van der Waals surface area contributed by atoms with Gasteiger partial charge in [-0.1, -0.05) is 13.8 Å². The number of ether oxygens (including phenoxy) is 3. The van der Waals surface area contributed by atoms with Gasteiger partial charge in [-0.2, -0.15) is 4.31 Å². The molecule has 2 aliphatic heterocycles. The molecular formula is C21H32N2O7S. The summed E-state index contributed by atoms with van der Waals surface area (Å²) in [5, 5.41) is 12.2. The van der Waals surface area contributed by atoms with Crippen molar-refractivity contribution < 1.29 is 32.5 Å². The summed E-state index contributed by atoms with van der Waals surface area (Å²) in [6.07, 6.45) is 0.0785. The lowest BCUT2D eigenvalue weighted by Gasteiger charge is -2.26. The van der Waals surface area contributed by atoms with Crippen molar-refractivity contribution in [1.29, 1.82) is 0 Å². The first-order chi connectivity index (χ1) is 14.7. The molecule has 2 saturated heterocycles. The third kappa shape index (κ3) is 6.09. The molecule has 0 spiro atoms. The van der Waals surface area contributed by atoms with Gasteiger partial charge in [-0.15, -0.1) is 0 Å². The predicted octanol–water partition coefficient (Wildman–Crippen LogP) is 2.31. The number of hydrogen-bond acceptors (Lipinski definition) is 7. The normalized spacial score (nSPS) is 24.4. The van der Waals surface area contributed by atoms with Crippen molar-refractivity contribution in [1.82, 2.24) is 9.62 Å². The molecule has 3 rings (SSSR count). The minimum Gasteiger partial charge on any atom is -0.508 e. The second-order valence-corrected chi connectivity index (χ2v) is 10.5. The highest BCUT2D eigenvalue weighted by molar-refractivity contribution is 7.89. The summed E-state index contributed by atoms with van der Waals surface area (Å²) < 4.78 is 43.9. The van der Waals surface area contributed by atoms with Crippen molar-refractivity contribution in [2.45, 2.75) is 56.9 Å². The zero-order valence-electron chi connectivity index (χ0n) is 18.2. The number of carbonyl (C=O) groups is 1. The Morgan fingerprint density at radius 2 is 1.97 bits per heavy atom. The first kappa shape index (κ1) is 23.8. The maximum atomic E-state index is 13.1. The molecule has 10 heteroatoms. The van der Waals surface area contributed by atoms with E-state index < -0.39 is 16.1 Å². The molecule has 0 aromatic heterocycles. The number of phenolic OH excluding ortho intramolecular Hbond substituents is 1. The van der Waals surface area contributed by atoms with Crippen molar-refractivity contribution in [2.24, 2.45) is 11.8 Å². The van der Waals surface area contributed by atoms with E-state index in [1.165, 1.54) is 28.6 Å². The molecule has 31 heavy (non-hydrogen) atoms. The molecule has 1 aromatic carbocycles. The Labute approximate surface area is 183 Å². The van der Waals surface area contributed by atoms with Crippen molar-refractivity contribution in [3.8, 4) is 5.75 Å². The van der Waals surface area contributed by atoms with Gasteiger partial charge in [0.15, 0.2) is 6.29 Å². The van der Waals surface area contributed by atoms with Crippen LogP contribution in [0.4, 0.5) is 4.79 Å². The Bertz CT molecular complexity index is 844. The summed E-state index contributed by atoms with van der Waals surface area (Å²) in [7, 11) is -3.72. The fraction of sp³-hybridized carbons (Fsp3) is 0.667. The van der Waals surface area contributed by atoms with Crippen LogP contribution in [0.1, 0.15) is 33.6 Å². The summed E-state index contributed by atoms with van der Waals surface area (Å²) in [6.45, 7) is 7.23. The quantitative estimate of drug-likeness (QED) is 0.586. The topological polar surface area (TPSA) is 114 Å². The SMILES string of the molecule is CC(C)CN(CC[C@H](C)NC(=O)O[C@@H]1CO[C@@H]2OCC[C@@H]21)S(=O)(=O)c1ccc(O)cc1. The molecule has 1 aromatic rings. The van der Waals surface area contributed by atoms with Crippen LogP contribution in [0.25, 0.3) is 0 Å². The van der Waals surface area contributed by atoms with Crippen LogP contribution in [0, 0.1) is 11.8 Å². The molecule has 4 atom stereocenters. The third-order valence-corrected chi connectivity index (χ3v) is 7.34. The number of nitrogens with zero attached hydrogens (tertiary/aromatic N) is 1. The van der Waals surface area contributed by atoms with E-state index in [4.69, 9.17) is 14.2 Å². The van der Waals surface area contributed by atoms with Crippen LogP contribution in [0.2, 0.25) is 0 Å². The van der Waals surface area contributed by atoms with Gasteiger partial charge in [-0.25, -0.2) is 13.2 Å². The first-order valence-electron chi connectivity index (χ1n) is 10.7. The second kappa shape index (κ2) is 10.2. The largest absolute Gasteiger partial charge is 0.508 e. The van der Waals surface area contributed by atoms with Gasteiger partial charge in [0.1, 0.15) is 11.9 Å². The molecule has 0 bridgehead atoms. The third-order valence-electron chi connectivity index (χ3n) is 5.46. The number of phenols is 1. The molecule has 2 fully saturated rings. The minimum absolute atomic E-state index is 0.00819. The number of alkyl carbamates (subject to hydrolysis) is 1. The number of benzene rings is 1. The summed E-state index contributed by atoms with van der Waals surface area (Å²) in [6, 6.07) is 5.21. The van der Waals surface area contributed by atoms with Gasteiger partial charge < -0.3 is 24.6 Å². The minimum atomic E-state index is -3.72. The lowest BCUT2D eigenvalue weighted by molar-refractivity contribution is -0.0907. The average molecular weight is 457 g/mol. The van der Waals surface area contributed by atoms with Gasteiger partial charge in [-0.05, 0) is 49.9 Å². The lowest BCUT2D eigenvalue weighted by Crippen LogP contribution is -2.41. The van der Waals surface area contributed by atoms with Gasteiger partial charge in [-0.3, -0.25) is 0 Å². The van der Waals surface area contributed by atoms with E-state index in [1.54, 1.807) is 0 Å². The van der Waals surface area contributed by atoms with E-state index in [0.29, 0.717) is 26.2 Å². The maximum absolute atomic E-state index is 13.1. The average Bonchev–Trinajstić information content (AvgIpc) is 3.30. The van der Waals surface area contributed by atoms with Crippen molar-refractivity contribution in [3.05, 3.63) is 24.3 Å². The van der Waals surface area contributed by atoms with Crippen LogP contribution in [-0.2, 0) is 24.2 Å². The van der Waals surface area contributed by atoms with Crippen molar-refractivity contribution >= 4 is 16.1 Å². The van der Waals surface area contributed by atoms with Gasteiger partial charge in [0.05, 0.1) is 24.0 Å². The van der Waals surface area contributed by atoms with Crippen molar-refractivity contribution in [2.75, 3.05) is 26.3 Å². The fourth-order valence-corrected chi connectivity index (χ4v) is 5.43. The lowest BCUT2D eigenvalue weighted by atomic mass is 10.0. The smallest absolute Gasteiger partial charge is 0.407 e. The van der Waals surface area contributed by atoms with Crippen LogP contribution < -0.4 is 5.32 Å². The van der Waals surface area contributed by atoms with E-state index >= 15 is 0 Å². The second-order valence-electron chi connectivity index (χ2n) is 8.55. The van der Waals surface area contributed by atoms with E-state index in [0.717, 1.165) is 6.42 Å². The van der Waals surface area contributed by atoms with Gasteiger partial charge in [0.25, 0.3) is 0 Å². The van der Waals surface area contributed by atoms with Crippen LogP contribution in [0.5, 0.6) is 5.75 Å². The molecule has 2 heterocycles. The zero-order chi connectivity index (χ0) is 22.6. The first-order valence-corrected chi connectivity index (χ1v) is 12.1. The Kier molecular flexibility index (Phi) is 7.79. The standard InChI is InChI=1S/C21H32N2O7S/c1-14(2)12-23(31(26,27)17-6-4-16(24)5-7-17)10-8-15(3)22-21(25)30-19-13-29-20-18(19)9-11-28-20/h4-7,14-15,18-20,24H,8-13H2,1-3H3,(H,22,25)/t15-,18+,19+,20-/m0/s1. The number of amides is 1. The Balaban J connectivity index is 1.54. The van der Waals surface area contributed by atoms with E-state index in [9.17, 15) is 18.3 Å². The number of fused-ring (bicyclic) bond motifs is 1. The molecule has 0 unspecified atom stereocenters. The number of hydrogen-bond donors (Lipinski definition) is 2. The summed E-state index contributed by atoms with van der Waals surface area (Å²) in [5.74, 6) is 0.205. The molecule has 174 valence electrons. The molecule has 9 nitrogen and oxygen atoms in total. The Morgan fingerprint density at radius 3 is 2.65 bits per heavy atom.